The number of ether oxygens (including phenoxy) is 1. The molecule has 0 bridgehead atoms. The van der Waals surface area contributed by atoms with E-state index in [1.165, 1.54) is 13.2 Å². The summed E-state index contributed by atoms with van der Waals surface area (Å²) in [5.74, 6) is -0.103. The Labute approximate surface area is 137 Å². The second-order valence-electron chi connectivity index (χ2n) is 5.33. The average Bonchev–Trinajstić information content (AvgIpc) is 2.51. The van der Waals surface area contributed by atoms with Crippen LogP contribution in [0.4, 0.5) is 0 Å². The molecule has 0 aromatic heterocycles. The number of nitrogens with one attached hydrogen (secondary N) is 2. The van der Waals surface area contributed by atoms with Crippen LogP contribution in [0.15, 0.2) is 29.2 Å². The highest BCUT2D eigenvalue weighted by Crippen LogP contribution is 2.11. The van der Waals surface area contributed by atoms with Crippen LogP contribution < -0.4 is 15.8 Å². The quantitative estimate of drug-likeness (QED) is 0.531. The molecule has 0 aliphatic rings. The number of hydrogen-bond acceptors (Lipinski definition) is 5. The molecule has 0 saturated heterocycles. The number of methoxy groups -OCH3 is 1. The maximum atomic E-state index is 12.1. The zero-order chi connectivity index (χ0) is 17.3. The van der Waals surface area contributed by atoms with Crippen LogP contribution in [0.3, 0.4) is 0 Å². The summed E-state index contributed by atoms with van der Waals surface area (Å²) in [6.07, 6.45) is 0.970. The van der Waals surface area contributed by atoms with E-state index in [1.807, 2.05) is 6.92 Å². The smallest absolute Gasteiger partial charge is 0.240 e. The summed E-state index contributed by atoms with van der Waals surface area (Å²) in [5, 5.41) is 2.76. The molecule has 130 valence electrons. The molecular weight excluding hydrogens is 318 g/mol. The van der Waals surface area contributed by atoms with Crippen molar-refractivity contribution in [2.24, 2.45) is 5.73 Å². The summed E-state index contributed by atoms with van der Waals surface area (Å²) < 4.78 is 31.5. The highest BCUT2D eigenvalue weighted by molar-refractivity contribution is 7.89. The van der Waals surface area contributed by atoms with Gasteiger partial charge in [-0.15, -0.1) is 0 Å². The van der Waals surface area contributed by atoms with Gasteiger partial charge in [0.25, 0.3) is 0 Å². The Morgan fingerprint density at radius 1 is 1.39 bits per heavy atom. The average molecular weight is 343 g/mol. The molecule has 0 spiro atoms. The van der Waals surface area contributed by atoms with Crippen molar-refractivity contribution < 1.29 is 17.9 Å². The zero-order valence-electron chi connectivity index (χ0n) is 13.5. The fourth-order valence-corrected chi connectivity index (χ4v) is 2.91. The molecule has 1 amide bonds. The van der Waals surface area contributed by atoms with Crippen molar-refractivity contribution in [3.05, 3.63) is 29.8 Å². The first-order valence-electron chi connectivity index (χ1n) is 7.45. The van der Waals surface area contributed by atoms with Crippen molar-refractivity contribution in [2.45, 2.75) is 37.2 Å². The Bertz CT molecular complexity index is 602. The van der Waals surface area contributed by atoms with Gasteiger partial charge in [0.05, 0.1) is 11.5 Å². The maximum absolute atomic E-state index is 12.1. The van der Waals surface area contributed by atoms with E-state index >= 15 is 0 Å². The van der Waals surface area contributed by atoms with Gasteiger partial charge < -0.3 is 15.8 Å². The minimum atomic E-state index is -3.57. The second kappa shape index (κ2) is 9.61. The zero-order valence-corrected chi connectivity index (χ0v) is 14.4. The summed E-state index contributed by atoms with van der Waals surface area (Å²) in [7, 11) is -2.07. The Morgan fingerprint density at radius 3 is 2.78 bits per heavy atom. The fraction of sp³-hybridized carbons (Fsp3) is 0.533. The number of rotatable bonds is 10. The first-order valence-corrected chi connectivity index (χ1v) is 8.93. The molecular formula is C15H25N3O4S. The lowest BCUT2D eigenvalue weighted by Gasteiger charge is -2.10. The van der Waals surface area contributed by atoms with Gasteiger partial charge in [-0.3, -0.25) is 4.79 Å². The molecule has 8 heteroatoms. The van der Waals surface area contributed by atoms with E-state index in [0.717, 1.165) is 0 Å². The van der Waals surface area contributed by atoms with Gasteiger partial charge >= 0.3 is 0 Å². The molecule has 0 saturated carbocycles. The number of carbonyl (C=O) groups is 1. The van der Waals surface area contributed by atoms with E-state index in [1.54, 1.807) is 18.2 Å². The van der Waals surface area contributed by atoms with Gasteiger partial charge in [-0.2, -0.15) is 0 Å². The van der Waals surface area contributed by atoms with Gasteiger partial charge in [0.2, 0.25) is 15.9 Å². The van der Waals surface area contributed by atoms with E-state index in [0.29, 0.717) is 25.0 Å². The second-order valence-corrected chi connectivity index (χ2v) is 7.10. The number of sulfonamides is 1. The molecule has 1 aromatic carbocycles. The van der Waals surface area contributed by atoms with Crippen molar-refractivity contribution in [3.63, 3.8) is 0 Å². The van der Waals surface area contributed by atoms with Crippen LogP contribution >= 0.6 is 0 Å². The van der Waals surface area contributed by atoms with E-state index in [2.05, 4.69) is 10.0 Å². The third kappa shape index (κ3) is 7.56. The van der Waals surface area contributed by atoms with Gasteiger partial charge in [-0.25, -0.2) is 13.1 Å². The third-order valence-electron chi connectivity index (χ3n) is 3.12. The number of amides is 1. The molecule has 0 aliphatic carbocycles. The van der Waals surface area contributed by atoms with Gasteiger partial charge in [0, 0.05) is 32.7 Å². The van der Waals surface area contributed by atoms with E-state index in [4.69, 9.17) is 10.5 Å². The van der Waals surface area contributed by atoms with Crippen LogP contribution in [0.1, 0.15) is 25.3 Å². The molecule has 1 unspecified atom stereocenters. The monoisotopic (exact) mass is 343 g/mol. The molecule has 0 fully saturated rings. The van der Waals surface area contributed by atoms with Crippen LogP contribution in [0.2, 0.25) is 0 Å². The molecule has 0 radical (unpaired) electrons. The number of benzene rings is 1. The third-order valence-corrected chi connectivity index (χ3v) is 4.58. The maximum Gasteiger partial charge on any atom is 0.240 e. The minimum Gasteiger partial charge on any atom is -0.383 e. The summed E-state index contributed by atoms with van der Waals surface area (Å²) in [4.78, 5) is 11.8. The fourth-order valence-electron chi connectivity index (χ4n) is 1.83. The first-order chi connectivity index (χ1) is 10.8. The normalized spacial score (nSPS) is 12.8. The lowest BCUT2D eigenvalue weighted by molar-refractivity contribution is -0.121. The van der Waals surface area contributed by atoms with Crippen LogP contribution in [0, 0.1) is 0 Å². The largest absolute Gasteiger partial charge is 0.383 e. The Hall–Kier alpha value is -1.48. The Kier molecular flexibility index (Phi) is 8.18. The van der Waals surface area contributed by atoms with Crippen molar-refractivity contribution in [1.29, 1.82) is 0 Å². The lowest BCUT2D eigenvalue weighted by Crippen LogP contribution is -2.28. The van der Waals surface area contributed by atoms with Gasteiger partial charge in [-0.05, 0) is 31.0 Å². The van der Waals surface area contributed by atoms with Gasteiger partial charge in [0.15, 0.2) is 0 Å². The van der Waals surface area contributed by atoms with Gasteiger partial charge in [-0.1, -0.05) is 12.1 Å². The topological polar surface area (TPSA) is 111 Å². The highest BCUT2D eigenvalue weighted by Gasteiger charge is 2.13. The number of carbonyl (C=O) groups excluding carboxylic acids is 1. The predicted octanol–water partition coefficient (Wildman–Crippen LogP) is 0.355. The van der Waals surface area contributed by atoms with E-state index in [9.17, 15) is 13.2 Å². The molecule has 7 nitrogen and oxygen atoms in total. The van der Waals surface area contributed by atoms with Crippen molar-refractivity contribution in [1.82, 2.24) is 10.0 Å². The van der Waals surface area contributed by atoms with Crippen LogP contribution in [0.5, 0.6) is 0 Å². The summed E-state index contributed by atoms with van der Waals surface area (Å²) in [6, 6.07) is 6.44. The molecule has 4 N–H and O–H groups in total. The van der Waals surface area contributed by atoms with Crippen molar-refractivity contribution in [2.75, 3.05) is 20.3 Å². The van der Waals surface area contributed by atoms with Crippen LogP contribution in [0.25, 0.3) is 0 Å². The summed E-state index contributed by atoms with van der Waals surface area (Å²) in [5.41, 5.74) is 6.32. The molecule has 1 atom stereocenters. The lowest BCUT2D eigenvalue weighted by atomic mass is 10.2. The van der Waals surface area contributed by atoms with E-state index in [-0.39, 0.29) is 29.9 Å². The molecule has 1 rings (SSSR count). The predicted molar refractivity (Wildman–Crippen MR) is 88.2 cm³/mol. The molecule has 0 heterocycles. The minimum absolute atomic E-state index is 0.0209. The number of nitrogens with two attached hydrogens (primary N) is 1. The number of hydrogen-bond donors (Lipinski definition) is 3. The molecule has 1 aromatic rings. The van der Waals surface area contributed by atoms with Gasteiger partial charge in [0.1, 0.15) is 0 Å². The standard InChI is InChI=1S/C15H25N3O4S/c1-12(16)6-7-15(19)17-11-13-4-3-5-14(10-13)23(20,21)18-8-9-22-2/h3-5,10,12,18H,6-9,11,16H2,1-2H3,(H,17,19). The Morgan fingerprint density at radius 2 is 2.13 bits per heavy atom. The van der Waals surface area contributed by atoms with Crippen LogP contribution in [-0.4, -0.2) is 40.6 Å². The van der Waals surface area contributed by atoms with Crippen LogP contribution in [-0.2, 0) is 26.1 Å². The SMILES string of the molecule is COCCNS(=O)(=O)c1cccc(CNC(=O)CCC(C)N)c1. The highest BCUT2D eigenvalue weighted by atomic mass is 32.2. The first kappa shape index (κ1) is 19.6. The Balaban J connectivity index is 2.61. The summed E-state index contributed by atoms with van der Waals surface area (Å²) in [6.45, 7) is 2.63. The van der Waals surface area contributed by atoms with E-state index < -0.39 is 10.0 Å². The molecule has 23 heavy (non-hydrogen) atoms. The summed E-state index contributed by atoms with van der Waals surface area (Å²) >= 11 is 0. The van der Waals surface area contributed by atoms with Crippen molar-refractivity contribution in [3.8, 4) is 0 Å². The molecule has 0 aliphatic heterocycles. The van der Waals surface area contributed by atoms with Crippen molar-refractivity contribution >= 4 is 15.9 Å².